The van der Waals surface area contributed by atoms with Crippen molar-refractivity contribution in [1.29, 1.82) is 0 Å². The van der Waals surface area contributed by atoms with Crippen molar-refractivity contribution in [3.63, 3.8) is 0 Å². The summed E-state index contributed by atoms with van der Waals surface area (Å²) >= 11 is 6.15. The second-order valence-corrected chi connectivity index (χ2v) is 5.56. The Bertz CT molecular complexity index is 722. The fourth-order valence-electron chi connectivity index (χ4n) is 2.15. The maximum absolute atomic E-state index is 12.0. The number of nitrogens with zero attached hydrogens (tertiary/aromatic N) is 2. The summed E-state index contributed by atoms with van der Waals surface area (Å²) in [4.78, 5) is 22.7. The van der Waals surface area contributed by atoms with Crippen molar-refractivity contribution < 1.29 is 9.59 Å². The van der Waals surface area contributed by atoms with Crippen LogP contribution in [-0.2, 0) is 4.79 Å². The van der Waals surface area contributed by atoms with Crippen molar-refractivity contribution in [2.24, 2.45) is 0 Å². The first kappa shape index (κ1) is 17.0. The molecule has 0 saturated carbocycles. The summed E-state index contributed by atoms with van der Waals surface area (Å²) in [6.07, 6.45) is 0. The lowest BCUT2D eigenvalue weighted by Gasteiger charge is -2.08. The molecule has 0 spiro atoms. The Morgan fingerprint density at radius 2 is 1.74 bits per heavy atom. The molecule has 122 valence electrons. The number of rotatable bonds is 5. The number of benzene rings is 1. The predicted molar refractivity (Wildman–Crippen MR) is 89.1 cm³/mol. The van der Waals surface area contributed by atoms with E-state index in [1.165, 1.54) is 6.92 Å². The quantitative estimate of drug-likeness (QED) is 0.821. The Kier molecular flexibility index (Phi) is 5.39. The molecule has 1 heterocycles. The second kappa shape index (κ2) is 7.28. The van der Waals surface area contributed by atoms with Crippen molar-refractivity contribution in [3.05, 3.63) is 46.2 Å². The number of hydrogen-bond acceptors (Lipinski definition) is 3. The second-order valence-electron chi connectivity index (χ2n) is 5.18. The van der Waals surface area contributed by atoms with Gasteiger partial charge in [0.1, 0.15) is 0 Å². The third-order valence-corrected chi connectivity index (χ3v) is 3.91. The minimum Gasteiger partial charge on any atom is -0.355 e. The van der Waals surface area contributed by atoms with Gasteiger partial charge in [0, 0.05) is 25.6 Å². The van der Waals surface area contributed by atoms with E-state index in [1.807, 2.05) is 26.0 Å². The number of halogens is 1. The Morgan fingerprint density at radius 3 is 2.26 bits per heavy atom. The van der Waals surface area contributed by atoms with Crippen molar-refractivity contribution in [1.82, 2.24) is 20.4 Å². The highest BCUT2D eigenvalue weighted by molar-refractivity contribution is 6.31. The first-order valence-electron chi connectivity index (χ1n) is 7.25. The Morgan fingerprint density at radius 1 is 1.13 bits per heavy atom. The summed E-state index contributed by atoms with van der Waals surface area (Å²) in [7, 11) is 0. The molecule has 2 rings (SSSR count). The highest BCUT2D eigenvalue weighted by atomic mass is 35.5. The summed E-state index contributed by atoms with van der Waals surface area (Å²) in [5.41, 5.74) is 3.01. The molecule has 0 fully saturated rings. The molecule has 1 aromatic heterocycles. The largest absolute Gasteiger partial charge is 0.355 e. The molecule has 2 N–H and O–H groups in total. The van der Waals surface area contributed by atoms with Crippen molar-refractivity contribution in [2.45, 2.75) is 20.8 Å². The molecule has 0 bridgehead atoms. The molecule has 2 amide bonds. The molecule has 0 aliphatic heterocycles. The maximum Gasteiger partial charge on any atom is 0.251 e. The average molecular weight is 335 g/mol. The standard InChI is InChI=1S/C16H19ClN4O2/c1-10-15(17)11(2)21(20-10)14-6-4-13(5-7-14)16(23)19-9-8-18-12(3)22/h4-7H,8-9H2,1-3H3,(H,18,22)(H,19,23). The van der Waals surface area contributed by atoms with Gasteiger partial charge >= 0.3 is 0 Å². The van der Waals surface area contributed by atoms with Crippen LogP contribution < -0.4 is 10.6 Å². The van der Waals surface area contributed by atoms with Crippen molar-refractivity contribution in [2.75, 3.05) is 13.1 Å². The Balaban J connectivity index is 2.03. The number of hydrogen-bond donors (Lipinski definition) is 2. The summed E-state index contributed by atoms with van der Waals surface area (Å²) in [6, 6.07) is 7.10. The van der Waals surface area contributed by atoms with Gasteiger partial charge in [-0.25, -0.2) is 4.68 Å². The summed E-state index contributed by atoms with van der Waals surface area (Å²) in [5.74, 6) is -0.305. The van der Waals surface area contributed by atoms with Crippen LogP contribution in [-0.4, -0.2) is 34.7 Å². The highest BCUT2D eigenvalue weighted by Gasteiger charge is 2.11. The van der Waals surface area contributed by atoms with Crippen LogP contribution in [0.15, 0.2) is 24.3 Å². The van der Waals surface area contributed by atoms with Gasteiger partial charge in [-0.3, -0.25) is 9.59 Å². The van der Waals surface area contributed by atoms with E-state index in [9.17, 15) is 9.59 Å². The van der Waals surface area contributed by atoms with E-state index in [-0.39, 0.29) is 11.8 Å². The van der Waals surface area contributed by atoms with E-state index in [0.29, 0.717) is 23.7 Å². The minimum absolute atomic E-state index is 0.118. The van der Waals surface area contributed by atoms with Crippen LogP contribution >= 0.6 is 11.6 Å². The molecule has 6 nitrogen and oxygen atoms in total. The lowest BCUT2D eigenvalue weighted by molar-refractivity contribution is -0.118. The zero-order valence-electron chi connectivity index (χ0n) is 13.3. The van der Waals surface area contributed by atoms with Crippen molar-refractivity contribution >= 4 is 23.4 Å². The van der Waals surface area contributed by atoms with Crippen LogP contribution in [0.2, 0.25) is 5.02 Å². The molecule has 0 saturated heterocycles. The van der Waals surface area contributed by atoms with Gasteiger partial charge in [0.25, 0.3) is 5.91 Å². The SMILES string of the molecule is CC(=O)NCCNC(=O)c1ccc(-n2nc(C)c(Cl)c2C)cc1. The van der Waals surface area contributed by atoms with Crippen LogP contribution in [0.3, 0.4) is 0 Å². The first-order chi connectivity index (χ1) is 10.9. The fourth-order valence-corrected chi connectivity index (χ4v) is 2.26. The van der Waals surface area contributed by atoms with Gasteiger partial charge in [0.05, 0.1) is 22.1 Å². The van der Waals surface area contributed by atoms with E-state index < -0.39 is 0 Å². The molecule has 0 aliphatic rings. The number of aromatic nitrogens is 2. The lowest BCUT2D eigenvalue weighted by Crippen LogP contribution is -2.33. The minimum atomic E-state index is -0.187. The third kappa shape index (κ3) is 4.10. The van der Waals surface area contributed by atoms with E-state index in [4.69, 9.17) is 11.6 Å². The number of carbonyl (C=O) groups excluding carboxylic acids is 2. The maximum atomic E-state index is 12.0. The molecule has 0 unspecified atom stereocenters. The van der Waals surface area contributed by atoms with E-state index >= 15 is 0 Å². The molecule has 0 radical (unpaired) electrons. The molecule has 1 aromatic carbocycles. The lowest BCUT2D eigenvalue weighted by atomic mass is 10.2. The normalized spacial score (nSPS) is 10.4. The van der Waals surface area contributed by atoms with Crippen LogP contribution in [0, 0.1) is 13.8 Å². The monoisotopic (exact) mass is 334 g/mol. The number of aryl methyl sites for hydroxylation is 1. The third-order valence-electron chi connectivity index (χ3n) is 3.36. The van der Waals surface area contributed by atoms with Gasteiger partial charge in [0.15, 0.2) is 0 Å². The molecule has 2 aromatic rings. The van der Waals surface area contributed by atoms with Gasteiger partial charge in [0.2, 0.25) is 5.91 Å². The van der Waals surface area contributed by atoms with E-state index in [2.05, 4.69) is 15.7 Å². The first-order valence-corrected chi connectivity index (χ1v) is 7.62. The van der Waals surface area contributed by atoms with Crippen molar-refractivity contribution in [3.8, 4) is 5.69 Å². The smallest absolute Gasteiger partial charge is 0.251 e. The van der Waals surface area contributed by atoms with Crippen LogP contribution in [0.25, 0.3) is 5.69 Å². The Hall–Kier alpha value is -2.34. The summed E-state index contributed by atoms with van der Waals surface area (Å²) < 4.78 is 1.75. The predicted octanol–water partition coefficient (Wildman–Crippen LogP) is 2.01. The molecule has 0 aliphatic carbocycles. The van der Waals surface area contributed by atoms with Gasteiger partial charge in [-0.05, 0) is 38.1 Å². The number of carbonyl (C=O) groups is 2. The average Bonchev–Trinajstić information content (AvgIpc) is 2.79. The number of nitrogens with one attached hydrogen (secondary N) is 2. The Labute approximate surface area is 139 Å². The fraction of sp³-hybridized carbons (Fsp3) is 0.312. The van der Waals surface area contributed by atoms with Gasteiger partial charge in [-0.1, -0.05) is 11.6 Å². The summed E-state index contributed by atoms with van der Waals surface area (Å²) in [5, 5.41) is 10.4. The van der Waals surface area contributed by atoms with E-state index in [0.717, 1.165) is 17.1 Å². The number of amides is 2. The van der Waals surface area contributed by atoms with Gasteiger partial charge < -0.3 is 10.6 Å². The van der Waals surface area contributed by atoms with Crippen LogP contribution in [0.4, 0.5) is 0 Å². The molecule has 23 heavy (non-hydrogen) atoms. The highest BCUT2D eigenvalue weighted by Crippen LogP contribution is 2.22. The topological polar surface area (TPSA) is 76.0 Å². The molecular formula is C16H19ClN4O2. The molecule has 7 heteroatoms. The molecule has 0 atom stereocenters. The zero-order valence-corrected chi connectivity index (χ0v) is 14.1. The van der Waals surface area contributed by atoms with Crippen LogP contribution in [0.1, 0.15) is 28.7 Å². The van der Waals surface area contributed by atoms with E-state index in [1.54, 1.807) is 16.8 Å². The summed E-state index contributed by atoms with van der Waals surface area (Å²) in [6.45, 7) is 5.97. The van der Waals surface area contributed by atoms with Gasteiger partial charge in [-0.15, -0.1) is 0 Å². The molecular weight excluding hydrogens is 316 g/mol. The van der Waals surface area contributed by atoms with Gasteiger partial charge in [-0.2, -0.15) is 5.10 Å². The van der Waals surface area contributed by atoms with Crippen LogP contribution in [0.5, 0.6) is 0 Å². The zero-order chi connectivity index (χ0) is 17.0.